The normalized spacial score (nSPS) is 18.2. The number of fused-ring (bicyclic) bond motifs is 1. The monoisotopic (exact) mass is 444 g/mol. The summed E-state index contributed by atoms with van der Waals surface area (Å²) < 4.78 is 12.1. The smallest absolute Gasteiger partial charge is 0.310 e. The fourth-order valence-corrected chi connectivity index (χ4v) is 5.26. The maximum atomic E-state index is 12.4. The minimum Gasteiger partial charge on any atom is -0.497 e. The van der Waals surface area contributed by atoms with Gasteiger partial charge in [-0.05, 0) is 44.0 Å². The first-order valence-electron chi connectivity index (χ1n) is 10.7. The number of rotatable bonds is 7. The highest BCUT2D eigenvalue weighted by molar-refractivity contribution is 7.17. The minimum absolute atomic E-state index is 0.103. The van der Waals surface area contributed by atoms with E-state index in [9.17, 15) is 9.90 Å². The Hall–Kier alpha value is -2.65. The third kappa shape index (κ3) is 4.24. The number of benzene rings is 1. The van der Waals surface area contributed by atoms with E-state index in [0.717, 1.165) is 35.6 Å². The molecule has 0 bridgehead atoms. The predicted molar refractivity (Wildman–Crippen MR) is 118 cm³/mol. The van der Waals surface area contributed by atoms with Gasteiger partial charge in [-0.15, -0.1) is 5.10 Å². The van der Waals surface area contributed by atoms with Crippen molar-refractivity contribution >= 4 is 22.3 Å². The molecule has 166 valence electrons. The zero-order valence-electron chi connectivity index (χ0n) is 18.1. The van der Waals surface area contributed by atoms with E-state index in [1.165, 1.54) is 15.9 Å². The third-order valence-corrected chi connectivity index (χ3v) is 6.75. The molecule has 1 aliphatic heterocycles. The lowest BCUT2D eigenvalue weighted by Crippen LogP contribution is -2.41. The fourth-order valence-electron chi connectivity index (χ4n) is 4.13. The number of methoxy groups -OCH3 is 1. The van der Waals surface area contributed by atoms with Crippen LogP contribution in [0.3, 0.4) is 0 Å². The van der Waals surface area contributed by atoms with E-state index in [-0.39, 0.29) is 23.8 Å². The van der Waals surface area contributed by atoms with Crippen molar-refractivity contribution in [3.8, 4) is 11.6 Å². The molecular weight excluding hydrogens is 416 g/mol. The Balaban J connectivity index is 1.73. The number of likely N-dealkylation sites (tertiary alicyclic amines) is 1. The zero-order chi connectivity index (χ0) is 22.0. The van der Waals surface area contributed by atoms with Gasteiger partial charge in [-0.1, -0.05) is 30.4 Å². The Morgan fingerprint density at radius 2 is 2.10 bits per heavy atom. The lowest BCUT2D eigenvalue weighted by molar-refractivity contribution is -0.150. The summed E-state index contributed by atoms with van der Waals surface area (Å²) in [4.78, 5) is 20.6. The first kappa shape index (κ1) is 21.6. The zero-order valence-corrected chi connectivity index (χ0v) is 18.9. The third-order valence-electron chi connectivity index (χ3n) is 5.68. The number of carbonyl (C=O) groups is 1. The number of thiazole rings is 1. The quantitative estimate of drug-likeness (QED) is 0.559. The summed E-state index contributed by atoms with van der Waals surface area (Å²) >= 11 is 1.44. The van der Waals surface area contributed by atoms with Crippen molar-refractivity contribution in [3.63, 3.8) is 0 Å². The number of aromatic hydroxyl groups is 1. The Morgan fingerprint density at radius 1 is 1.32 bits per heavy atom. The summed E-state index contributed by atoms with van der Waals surface area (Å²) in [7, 11) is 1.64. The molecule has 3 aromatic rings. The van der Waals surface area contributed by atoms with E-state index in [1.807, 2.05) is 38.1 Å². The first-order valence-corrected chi connectivity index (χ1v) is 11.5. The second-order valence-corrected chi connectivity index (χ2v) is 8.64. The van der Waals surface area contributed by atoms with E-state index < -0.39 is 0 Å². The second kappa shape index (κ2) is 9.23. The van der Waals surface area contributed by atoms with Crippen LogP contribution in [-0.2, 0) is 16.0 Å². The second-order valence-electron chi connectivity index (χ2n) is 7.63. The molecule has 1 N–H and O–H groups in total. The highest BCUT2D eigenvalue weighted by Gasteiger charge is 2.35. The van der Waals surface area contributed by atoms with Gasteiger partial charge in [-0.2, -0.15) is 4.52 Å². The van der Waals surface area contributed by atoms with E-state index in [4.69, 9.17) is 9.47 Å². The van der Waals surface area contributed by atoms with Gasteiger partial charge >= 0.3 is 5.97 Å². The molecule has 0 aliphatic carbocycles. The number of nitrogens with zero attached hydrogens (tertiary/aromatic N) is 4. The molecule has 0 amide bonds. The van der Waals surface area contributed by atoms with Crippen LogP contribution >= 0.6 is 11.3 Å². The molecule has 31 heavy (non-hydrogen) atoms. The van der Waals surface area contributed by atoms with Crippen LogP contribution in [0.4, 0.5) is 0 Å². The van der Waals surface area contributed by atoms with Gasteiger partial charge < -0.3 is 14.6 Å². The number of piperidine rings is 1. The molecule has 1 fully saturated rings. The number of ether oxygens (including phenoxy) is 2. The molecule has 0 saturated carbocycles. The van der Waals surface area contributed by atoms with Crippen molar-refractivity contribution in [2.24, 2.45) is 5.92 Å². The van der Waals surface area contributed by atoms with E-state index in [1.54, 1.807) is 7.11 Å². The maximum Gasteiger partial charge on any atom is 0.310 e. The largest absolute Gasteiger partial charge is 0.497 e. The lowest BCUT2D eigenvalue weighted by atomic mass is 9.94. The van der Waals surface area contributed by atoms with Gasteiger partial charge in [0.1, 0.15) is 5.75 Å². The molecule has 4 rings (SSSR count). The minimum atomic E-state index is -0.221. The molecule has 0 unspecified atom stereocenters. The number of carbonyl (C=O) groups excluding carboxylic acids is 1. The molecule has 9 heteroatoms. The summed E-state index contributed by atoms with van der Waals surface area (Å²) in [5.74, 6) is 1.25. The Bertz CT molecular complexity index is 1050. The first-order chi connectivity index (χ1) is 15.0. The maximum absolute atomic E-state index is 12.4. The summed E-state index contributed by atoms with van der Waals surface area (Å²) in [6, 6.07) is 7.62. The summed E-state index contributed by atoms with van der Waals surface area (Å²) in [6.07, 6.45) is 2.40. The number of hydrogen-bond donors (Lipinski definition) is 1. The molecular formula is C22H28N4O4S. The van der Waals surface area contributed by atoms with Gasteiger partial charge in [-0.3, -0.25) is 9.69 Å². The van der Waals surface area contributed by atoms with E-state index in [2.05, 4.69) is 15.0 Å². The van der Waals surface area contributed by atoms with Crippen LogP contribution in [0.5, 0.6) is 11.6 Å². The average molecular weight is 445 g/mol. The molecule has 2 aromatic heterocycles. The van der Waals surface area contributed by atoms with Gasteiger partial charge in [0, 0.05) is 13.0 Å². The highest BCUT2D eigenvalue weighted by atomic mass is 32.1. The molecule has 1 saturated heterocycles. The van der Waals surface area contributed by atoms with Crippen LogP contribution in [0.1, 0.15) is 49.0 Å². The van der Waals surface area contributed by atoms with E-state index >= 15 is 0 Å². The van der Waals surface area contributed by atoms with Crippen LogP contribution in [0.2, 0.25) is 0 Å². The summed E-state index contributed by atoms with van der Waals surface area (Å²) in [5, 5.41) is 15.5. The number of aryl methyl sites for hydroxylation is 1. The predicted octanol–water partition coefficient (Wildman–Crippen LogP) is 3.43. The van der Waals surface area contributed by atoms with Gasteiger partial charge in [0.05, 0.1) is 30.6 Å². The lowest BCUT2D eigenvalue weighted by Gasteiger charge is -2.37. The molecule has 1 aliphatic rings. The average Bonchev–Trinajstić information content (AvgIpc) is 3.34. The summed E-state index contributed by atoms with van der Waals surface area (Å²) in [5.41, 5.74) is 1.01. The van der Waals surface area contributed by atoms with Crippen LogP contribution in [0.25, 0.3) is 4.96 Å². The standard InChI is InChI=1S/C22H28N4O4S/c1-4-17-23-22-26(24-17)20(27)19(31-22)18(14-8-10-16(29-3)11-9-14)25-12-6-7-15(13-25)21(28)30-5-2/h8-11,15,18,27H,4-7,12-13H2,1-3H3/t15-,18+/m0/s1. The molecule has 3 heterocycles. The molecule has 0 spiro atoms. The molecule has 1 aromatic carbocycles. The Labute approximate surface area is 185 Å². The fraction of sp³-hybridized carbons (Fsp3) is 0.500. The van der Waals surface area contributed by atoms with Crippen LogP contribution in [-0.4, -0.2) is 57.4 Å². The van der Waals surface area contributed by atoms with Gasteiger partial charge in [0.2, 0.25) is 10.8 Å². The van der Waals surface area contributed by atoms with Crippen LogP contribution < -0.4 is 4.74 Å². The SMILES string of the molecule is CCOC(=O)[C@H]1CCCN([C@H](c2ccc(OC)cc2)c2sc3nc(CC)nn3c2O)C1. The Kier molecular flexibility index (Phi) is 6.43. The molecule has 2 atom stereocenters. The number of aromatic nitrogens is 3. The van der Waals surface area contributed by atoms with Gasteiger partial charge in [-0.25, -0.2) is 4.98 Å². The Morgan fingerprint density at radius 3 is 2.74 bits per heavy atom. The number of hydrogen-bond acceptors (Lipinski definition) is 8. The molecule has 8 nitrogen and oxygen atoms in total. The van der Waals surface area contributed by atoms with Crippen LogP contribution in [0, 0.1) is 5.92 Å². The van der Waals surface area contributed by atoms with Crippen molar-refractivity contribution in [1.29, 1.82) is 0 Å². The van der Waals surface area contributed by atoms with Crippen molar-refractivity contribution in [1.82, 2.24) is 19.5 Å². The number of esters is 1. The molecule has 0 radical (unpaired) electrons. The van der Waals surface area contributed by atoms with Crippen molar-refractivity contribution in [3.05, 3.63) is 40.5 Å². The van der Waals surface area contributed by atoms with Crippen molar-refractivity contribution in [2.75, 3.05) is 26.8 Å². The van der Waals surface area contributed by atoms with Gasteiger partial charge in [0.15, 0.2) is 5.82 Å². The van der Waals surface area contributed by atoms with E-state index in [0.29, 0.717) is 30.4 Å². The van der Waals surface area contributed by atoms with Crippen molar-refractivity contribution < 1.29 is 19.4 Å². The van der Waals surface area contributed by atoms with Crippen molar-refractivity contribution in [2.45, 2.75) is 39.2 Å². The van der Waals surface area contributed by atoms with Crippen LogP contribution in [0.15, 0.2) is 24.3 Å². The topological polar surface area (TPSA) is 89.2 Å². The van der Waals surface area contributed by atoms with Gasteiger partial charge in [0.25, 0.3) is 0 Å². The highest BCUT2D eigenvalue weighted by Crippen LogP contribution is 2.41. The summed E-state index contributed by atoms with van der Waals surface area (Å²) in [6.45, 7) is 5.59.